The van der Waals surface area contributed by atoms with Crippen LogP contribution in [0.4, 0.5) is 5.69 Å². The van der Waals surface area contributed by atoms with E-state index in [2.05, 4.69) is 59.6 Å². The Morgan fingerprint density at radius 1 is 1.10 bits per heavy atom. The zero-order chi connectivity index (χ0) is 20.2. The predicted octanol–water partition coefficient (Wildman–Crippen LogP) is 5.86. The van der Waals surface area contributed by atoms with E-state index in [-0.39, 0.29) is 18.5 Å². The van der Waals surface area contributed by atoms with E-state index in [1.807, 2.05) is 32.3 Å². The van der Waals surface area contributed by atoms with Crippen molar-refractivity contribution in [2.24, 2.45) is 5.92 Å². The van der Waals surface area contributed by atoms with Crippen molar-refractivity contribution in [1.82, 2.24) is 5.32 Å². The van der Waals surface area contributed by atoms with Crippen molar-refractivity contribution in [3.63, 3.8) is 0 Å². The quantitative estimate of drug-likeness (QED) is 0.535. The largest absolute Gasteiger partial charge is 0.490 e. The third-order valence-corrected chi connectivity index (χ3v) is 5.68. The maximum atomic E-state index is 6.21. The highest BCUT2D eigenvalue weighted by Gasteiger charge is 2.21. The van der Waals surface area contributed by atoms with Crippen molar-refractivity contribution >= 4 is 41.2 Å². The zero-order valence-corrected chi connectivity index (χ0v) is 18.7. The second kappa shape index (κ2) is 10.1. The number of halogens is 1. The molecule has 2 heterocycles. The topological polar surface area (TPSA) is 37.6 Å². The predicted molar refractivity (Wildman–Crippen MR) is 129 cm³/mol. The summed E-state index contributed by atoms with van der Waals surface area (Å²) in [5, 5.41) is 4.55. The normalized spacial score (nSPS) is 17.6. The number of rotatable bonds is 6. The highest BCUT2D eigenvalue weighted by molar-refractivity contribution is 5.85. The van der Waals surface area contributed by atoms with Gasteiger partial charge in [0, 0.05) is 43.7 Å². The van der Waals surface area contributed by atoms with Gasteiger partial charge in [-0.3, -0.25) is 0 Å². The van der Waals surface area contributed by atoms with Gasteiger partial charge in [-0.25, -0.2) is 0 Å². The van der Waals surface area contributed by atoms with Gasteiger partial charge in [0.1, 0.15) is 17.1 Å². The van der Waals surface area contributed by atoms with E-state index in [1.165, 1.54) is 18.5 Å². The molecule has 1 aliphatic rings. The number of hydrogen-bond acceptors (Lipinski definition) is 4. The van der Waals surface area contributed by atoms with Gasteiger partial charge in [-0.2, -0.15) is 0 Å². The van der Waals surface area contributed by atoms with Crippen molar-refractivity contribution in [2.45, 2.75) is 25.9 Å². The molecule has 0 aliphatic carbocycles. The van der Waals surface area contributed by atoms with Crippen LogP contribution in [0, 0.1) is 5.92 Å². The first-order valence-electron chi connectivity index (χ1n) is 10.4. The molecule has 4 rings (SSSR count). The number of ether oxygens (including phenoxy) is 1. The molecule has 1 fully saturated rings. The summed E-state index contributed by atoms with van der Waals surface area (Å²) in [6.45, 7) is 4.33. The summed E-state index contributed by atoms with van der Waals surface area (Å²) >= 11 is 0. The Morgan fingerprint density at radius 3 is 2.60 bits per heavy atom. The van der Waals surface area contributed by atoms with Crippen LogP contribution in [0.3, 0.4) is 0 Å². The van der Waals surface area contributed by atoms with Crippen LogP contribution in [0.5, 0.6) is 5.75 Å². The average molecular weight is 427 g/mol. The first-order valence-corrected chi connectivity index (χ1v) is 10.4. The van der Waals surface area contributed by atoms with Gasteiger partial charge in [-0.15, -0.1) is 12.4 Å². The number of furan rings is 1. The van der Waals surface area contributed by atoms with Gasteiger partial charge in [-0.1, -0.05) is 18.2 Å². The Morgan fingerprint density at radius 2 is 1.90 bits per heavy atom. The minimum atomic E-state index is 0. The fraction of sp³-hybridized carbons (Fsp3) is 0.360. The summed E-state index contributed by atoms with van der Waals surface area (Å²) in [6.07, 6.45) is 6.73. The van der Waals surface area contributed by atoms with Crippen LogP contribution in [0.15, 0.2) is 52.9 Å². The van der Waals surface area contributed by atoms with Crippen LogP contribution in [0.2, 0.25) is 0 Å². The van der Waals surface area contributed by atoms with E-state index in [4.69, 9.17) is 9.15 Å². The number of nitrogens with one attached hydrogen (secondary N) is 1. The standard InChI is InChI=1S/C25H30N2O2.ClH/c1-18(21-5-4-14-26-17-21)28-24-13-9-20-15-23(29-25(20)16-24)12-8-19-6-10-22(11-7-19)27(2)3;/h6-13,15-16,18,21,26H,4-5,14,17H2,1-3H3;1H/b12-8+;. The molecular formula is C25H31ClN2O2. The van der Waals surface area contributed by atoms with Crippen LogP contribution in [-0.2, 0) is 0 Å². The number of fused-ring (bicyclic) bond motifs is 1. The van der Waals surface area contributed by atoms with Crippen LogP contribution in [0.1, 0.15) is 31.1 Å². The van der Waals surface area contributed by atoms with Gasteiger partial charge in [0.15, 0.2) is 0 Å². The molecule has 0 radical (unpaired) electrons. The van der Waals surface area contributed by atoms with Gasteiger partial charge in [0.25, 0.3) is 0 Å². The summed E-state index contributed by atoms with van der Waals surface area (Å²) in [5.74, 6) is 2.28. The third kappa shape index (κ3) is 5.38. The maximum Gasteiger partial charge on any atom is 0.138 e. The van der Waals surface area contributed by atoms with Gasteiger partial charge in [-0.05, 0) is 68.3 Å². The Kier molecular flexibility index (Phi) is 7.46. The van der Waals surface area contributed by atoms with Crippen molar-refractivity contribution in [2.75, 3.05) is 32.1 Å². The van der Waals surface area contributed by atoms with Gasteiger partial charge in [0.2, 0.25) is 0 Å². The summed E-state index contributed by atoms with van der Waals surface area (Å²) < 4.78 is 12.2. The summed E-state index contributed by atoms with van der Waals surface area (Å²) in [5.41, 5.74) is 3.20. The minimum absolute atomic E-state index is 0. The fourth-order valence-electron chi connectivity index (χ4n) is 3.84. The van der Waals surface area contributed by atoms with E-state index < -0.39 is 0 Å². The highest BCUT2D eigenvalue weighted by atomic mass is 35.5. The van der Waals surface area contributed by atoms with E-state index >= 15 is 0 Å². The Balaban J connectivity index is 0.00000256. The van der Waals surface area contributed by atoms with E-state index in [9.17, 15) is 0 Å². The van der Waals surface area contributed by atoms with Gasteiger partial charge < -0.3 is 19.4 Å². The number of nitrogens with zero attached hydrogens (tertiary/aromatic N) is 1. The molecular weight excluding hydrogens is 396 g/mol. The van der Waals surface area contributed by atoms with E-state index in [0.29, 0.717) is 5.92 Å². The lowest BCUT2D eigenvalue weighted by atomic mass is 9.94. The summed E-state index contributed by atoms with van der Waals surface area (Å²) in [4.78, 5) is 2.10. The lowest BCUT2D eigenvalue weighted by Gasteiger charge is -2.28. The molecule has 2 aromatic carbocycles. The number of hydrogen-bond donors (Lipinski definition) is 1. The lowest BCUT2D eigenvalue weighted by Crippen LogP contribution is -2.37. The van der Waals surface area contributed by atoms with Gasteiger partial charge in [0.05, 0.1) is 6.10 Å². The Bertz CT molecular complexity index is 972. The second-order valence-electron chi connectivity index (χ2n) is 8.10. The second-order valence-corrected chi connectivity index (χ2v) is 8.10. The fourth-order valence-corrected chi connectivity index (χ4v) is 3.84. The molecule has 0 spiro atoms. The van der Waals surface area contributed by atoms with Crippen molar-refractivity contribution in [3.05, 3.63) is 59.9 Å². The third-order valence-electron chi connectivity index (χ3n) is 5.68. The molecule has 4 nitrogen and oxygen atoms in total. The molecule has 0 bridgehead atoms. The Hall–Kier alpha value is -2.43. The Labute approximate surface area is 185 Å². The molecule has 30 heavy (non-hydrogen) atoms. The molecule has 2 unspecified atom stereocenters. The molecule has 1 saturated heterocycles. The molecule has 0 amide bonds. The monoisotopic (exact) mass is 426 g/mol. The average Bonchev–Trinajstić information content (AvgIpc) is 3.15. The number of piperidine rings is 1. The molecule has 160 valence electrons. The smallest absolute Gasteiger partial charge is 0.138 e. The van der Waals surface area contributed by atoms with Crippen LogP contribution >= 0.6 is 12.4 Å². The van der Waals surface area contributed by atoms with Crippen molar-refractivity contribution < 1.29 is 9.15 Å². The van der Waals surface area contributed by atoms with Crippen molar-refractivity contribution in [3.8, 4) is 5.75 Å². The molecule has 1 aromatic heterocycles. The molecule has 3 aromatic rings. The molecule has 5 heteroatoms. The zero-order valence-electron chi connectivity index (χ0n) is 17.9. The molecule has 0 saturated carbocycles. The molecule has 2 atom stereocenters. The molecule has 1 N–H and O–H groups in total. The summed E-state index contributed by atoms with van der Waals surface area (Å²) in [6, 6.07) is 16.6. The van der Waals surface area contributed by atoms with E-state index in [0.717, 1.165) is 41.1 Å². The SMILES string of the molecule is CC(Oc1ccc2cc(/C=C/c3ccc(N(C)C)cc3)oc2c1)C1CCCNC1.Cl. The first kappa shape index (κ1) is 22.3. The number of anilines is 1. The van der Waals surface area contributed by atoms with Crippen LogP contribution in [-0.4, -0.2) is 33.3 Å². The van der Waals surface area contributed by atoms with Crippen LogP contribution in [0.25, 0.3) is 23.1 Å². The molecule has 1 aliphatic heterocycles. The van der Waals surface area contributed by atoms with E-state index in [1.54, 1.807) is 0 Å². The van der Waals surface area contributed by atoms with Gasteiger partial charge >= 0.3 is 0 Å². The highest BCUT2D eigenvalue weighted by Crippen LogP contribution is 2.27. The van der Waals surface area contributed by atoms with Crippen LogP contribution < -0.4 is 15.0 Å². The van der Waals surface area contributed by atoms with Crippen molar-refractivity contribution in [1.29, 1.82) is 0 Å². The minimum Gasteiger partial charge on any atom is -0.490 e. The maximum absolute atomic E-state index is 6.21. The summed E-state index contributed by atoms with van der Waals surface area (Å²) in [7, 11) is 4.09. The number of benzene rings is 2. The lowest BCUT2D eigenvalue weighted by molar-refractivity contribution is 0.131. The first-order chi connectivity index (χ1) is 14.1.